The normalized spacial score (nSPS) is 22.3. The van der Waals surface area contributed by atoms with Crippen LogP contribution in [0.2, 0.25) is 0 Å². The van der Waals surface area contributed by atoms with Crippen LogP contribution < -0.4 is 10.9 Å². The first-order valence-electron chi connectivity index (χ1n) is 7.06. The van der Waals surface area contributed by atoms with Crippen molar-refractivity contribution in [3.05, 3.63) is 28.7 Å². The van der Waals surface area contributed by atoms with Crippen LogP contribution >= 0.6 is 0 Å². The number of methoxy groups -OCH3 is 1. The highest BCUT2D eigenvalue weighted by Crippen LogP contribution is 2.35. The molecule has 0 spiro atoms. The first kappa shape index (κ1) is 14.1. The predicted octanol–water partition coefficient (Wildman–Crippen LogP) is 2.34. The number of nitrogens with zero attached hydrogens (tertiary/aromatic N) is 1. The summed E-state index contributed by atoms with van der Waals surface area (Å²) < 4.78 is 6.71. The summed E-state index contributed by atoms with van der Waals surface area (Å²) in [4.78, 5) is 11.7. The molecular weight excluding hydrogens is 240 g/mol. The maximum absolute atomic E-state index is 11.7. The Hall–Kier alpha value is -1.29. The van der Waals surface area contributed by atoms with Crippen LogP contribution in [0.4, 0.5) is 5.69 Å². The molecule has 2 rings (SSSR count). The van der Waals surface area contributed by atoms with Crippen molar-refractivity contribution in [1.82, 2.24) is 4.57 Å². The molecule has 4 heteroatoms. The lowest BCUT2D eigenvalue weighted by atomic mass is 9.73. The van der Waals surface area contributed by atoms with Gasteiger partial charge in [-0.05, 0) is 30.7 Å². The largest absolute Gasteiger partial charge is 0.383 e. The average molecular weight is 264 g/mol. The molecule has 4 nitrogen and oxygen atoms in total. The van der Waals surface area contributed by atoms with E-state index in [-0.39, 0.29) is 5.56 Å². The van der Waals surface area contributed by atoms with Crippen LogP contribution in [0.5, 0.6) is 0 Å². The molecule has 0 bridgehead atoms. The number of hydrogen-bond acceptors (Lipinski definition) is 3. The fourth-order valence-electron chi connectivity index (χ4n) is 2.54. The van der Waals surface area contributed by atoms with Gasteiger partial charge in [-0.3, -0.25) is 4.79 Å². The van der Waals surface area contributed by atoms with Crippen molar-refractivity contribution in [2.75, 3.05) is 19.0 Å². The Balaban J connectivity index is 1.93. The molecular formula is C15H24N2O2. The highest BCUT2D eigenvalue weighted by molar-refractivity contribution is 5.42. The second-order valence-corrected chi connectivity index (χ2v) is 5.76. The molecule has 0 aliphatic heterocycles. The lowest BCUT2D eigenvalue weighted by Gasteiger charge is -2.39. The zero-order valence-corrected chi connectivity index (χ0v) is 12.1. The van der Waals surface area contributed by atoms with Gasteiger partial charge in [-0.25, -0.2) is 0 Å². The zero-order valence-electron chi connectivity index (χ0n) is 12.1. The van der Waals surface area contributed by atoms with Crippen LogP contribution in [-0.2, 0) is 11.3 Å². The van der Waals surface area contributed by atoms with Gasteiger partial charge in [0.2, 0.25) is 0 Å². The minimum atomic E-state index is 0.0243. The average Bonchev–Trinajstić information content (AvgIpc) is 2.33. The van der Waals surface area contributed by atoms with Crippen LogP contribution in [0.1, 0.15) is 26.7 Å². The van der Waals surface area contributed by atoms with E-state index >= 15 is 0 Å². The van der Waals surface area contributed by atoms with Gasteiger partial charge in [-0.2, -0.15) is 0 Å². The molecule has 1 aromatic heterocycles. The molecule has 1 fully saturated rings. The Labute approximate surface area is 114 Å². The minimum Gasteiger partial charge on any atom is -0.383 e. The quantitative estimate of drug-likeness (QED) is 0.857. The number of nitrogens with one attached hydrogen (secondary N) is 1. The molecule has 0 unspecified atom stereocenters. The maximum Gasteiger partial charge on any atom is 0.250 e. The lowest BCUT2D eigenvalue weighted by Crippen LogP contribution is -2.38. The number of rotatable bonds is 6. The summed E-state index contributed by atoms with van der Waals surface area (Å²) in [6, 6.07) is 4.05. The molecule has 106 valence electrons. The van der Waals surface area contributed by atoms with Gasteiger partial charge in [-0.15, -0.1) is 0 Å². The van der Waals surface area contributed by atoms with Gasteiger partial charge >= 0.3 is 0 Å². The van der Waals surface area contributed by atoms with Gasteiger partial charge in [0.05, 0.1) is 12.3 Å². The van der Waals surface area contributed by atoms with Crippen molar-refractivity contribution < 1.29 is 4.74 Å². The third-order valence-electron chi connectivity index (χ3n) is 4.01. The van der Waals surface area contributed by atoms with Crippen molar-refractivity contribution in [2.24, 2.45) is 11.8 Å². The molecule has 0 atom stereocenters. The van der Waals surface area contributed by atoms with E-state index in [2.05, 4.69) is 19.2 Å². The summed E-state index contributed by atoms with van der Waals surface area (Å²) in [6.07, 6.45) is 4.35. The molecule has 1 aliphatic carbocycles. The van der Waals surface area contributed by atoms with E-state index in [4.69, 9.17) is 4.74 Å². The molecule has 0 aromatic carbocycles. The molecule has 0 saturated heterocycles. The van der Waals surface area contributed by atoms with Crippen LogP contribution in [0.3, 0.4) is 0 Å². The second-order valence-electron chi connectivity index (χ2n) is 5.76. The summed E-state index contributed by atoms with van der Waals surface area (Å²) in [5, 5.41) is 3.51. The van der Waals surface area contributed by atoms with Crippen molar-refractivity contribution >= 4 is 5.69 Å². The molecule has 0 amide bonds. The van der Waals surface area contributed by atoms with E-state index < -0.39 is 0 Å². The Morgan fingerprint density at radius 1 is 1.42 bits per heavy atom. The van der Waals surface area contributed by atoms with E-state index in [1.807, 2.05) is 12.3 Å². The van der Waals surface area contributed by atoms with Crippen molar-refractivity contribution in [3.8, 4) is 0 Å². The zero-order chi connectivity index (χ0) is 13.8. The summed E-state index contributed by atoms with van der Waals surface area (Å²) in [5.74, 6) is 1.62. The molecule has 19 heavy (non-hydrogen) atoms. The molecule has 1 aliphatic rings. The lowest BCUT2D eigenvalue weighted by molar-refractivity contribution is 0.186. The number of pyridine rings is 1. The Bertz CT molecular complexity index is 461. The summed E-state index contributed by atoms with van der Waals surface area (Å²) in [5.41, 5.74) is 1.05. The number of anilines is 1. The summed E-state index contributed by atoms with van der Waals surface area (Å²) in [6.45, 7) is 5.73. The van der Waals surface area contributed by atoms with Gasteiger partial charge < -0.3 is 14.6 Å². The van der Waals surface area contributed by atoms with Crippen LogP contribution in [0, 0.1) is 11.8 Å². The third-order valence-corrected chi connectivity index (χ3v) is 4.01. The summed E-state index contributed by atoms with van der Waals surface area (Å²) in [7, 11) is 1.65. The Kier molecular flexibility index (Phi) is 4.64. The Morgan fingerprint density at radius 3 is 2.79 bits per heavy atom. The van der Waals surface area contributed by atoms with E-state index in [1.54, 1.807) is 17.7 Å². The van der Waals surface area contributed by atoms with Crippen molar-refractivity contribution in [3.63, 3.8) is 0 Å². The summed E-state index contributed by atoms with van der Waals surface area (Å²) >= 11 is 0. The van der Waals surface area contributed by atoms with Gasteiger partial charge in [0, 0.05) is 32.0 Å². The van der Waals surface area contributed by atoms with Gasteiger partial charge in [0.25, 0.3) is 5.56 Å². The van der Waals surface area contributed by atoms with E-state index in [1.165, 1.54) is 12.8 Å². The smallest absolute Gasteiger partial charge is 0.250 e. The monoisotopic (exact) mass is 264 g/mol. The van der Waals surface area contributed by atoms with Gasteiger partial charge in [0.15, 0.2) is 0 Å². The SMILES string of the molecule is COCCn1cc(NC2CC(C(C)C)C2)ccc1=O. The topological polar surface area (TPSA) is 43.3 Å². The van der Waals surface area contributed by atoms with E-state index in [0.29, 0.717) is 19.2 Å². The molecule has 1 aromatic rings. The van der Waals surface area contributed by atoms with E-state index in [9.17, 15) is 4.79 Å². The van der Waals surface area contributed by atoms with Crippen LogP contribution in [-0.4, -0.2) is 24.3 Å². The molecule has 0 radical (unpaired) electrons. The predicted molar refractivity (Wildman–Crippen MR) is 77.6 cm³/mol. The Morgan fingerprint density at radius 2 is 2.16 bits per heavy atom. The fourth-order valence-corrected chi connectivity index (χ4v) is 2.54. The molecule has 1 N–H and O–H groups in total. The first-order valence-corrected chi connectivity index (χ1v) is 7.06. The molecule has 1 heterocycles. The van der Waals surface area contributed by atoms with Crippen LogP contribution in [0.15, 0.2) is 23.1 Å². The second kappa shape index (κ2) is 6.24. The number of hydrogen-bond donors (Lipinski definition) is 1. The molecule has 1 saturated carbocycles. The highest BCUT2D eigenvalue weighted by atomic mass is 16.5. The number of aromatic nitrogens is 1. The fraction of sp³-hybridized carbons (Fsp3) is 0.667. The van der Waals surface area contributed by atoms with Gasteiger partial charge in [0.1, 0.15) is 0 Å². The standard InChI is InChI=1S/C15H24N2O2/c1-11(2)12-8-14(9-12)16-13-4-5-15(18)17(10-13)6-7-19-3/h4-5,10-12,14,16H,6-9H2,1-3H3. The van der Waals surface area contributed by atoms with E-state index in [0.717, 1.165) is 17.5 Å². The maximum atomic E-state index is 11.7. The van der Waals surface area contributed by atoms with Crippen molar-refractivity contribution in [1.29, 1.82) is 0 Å². The first-order chi connectivity index (χ1) is 9.10. The van der Waals surface area contributed by atoms with Crippen molar-refractivity contribution in [2.45, 2.75) is 39.3 Å². The number of ether oxygens (including phenoxy) is 1. The third kappa shape index (κ3) is 3.60. The minimum absolute atomic E-state index is 0.0243. The highest BCUT2D eigenvalue weighted by Gasteiger charge is 2.30. The van der Waals surface area contributed by atoms with Crippen LogP contribution in [0.25, 0.3) is 0 Å². The van der Waals surface area contributed by atoms with Gasteiger partial charge in [-0.1, -0.05) is 13.8 Å².